The number of hydrogen-bond acceptors (Lipinski definition) is 4. The van der Waals surface area contributed by atoms with Gasteiger partial charge in [0.25, 0.3) is 5.69 Å². The van der Waals surface area contributed by atoms with Gasteiger partial charge >= 0.3 is 0 Å². The van der Waals surface area contributed by atoms with E-state index >= 15 is 0 Å². The first-order chi connectivity index (χ1) is 14.7. The molecule has 0 bridgehead atoms. The topological polar surface area (TPSA) is 65.5 Å². The lowest BCUT2D eigenvalue weighted by Gasteiger charge is -2.15. The van der Waals surface area contributed by atoms with Gasteiger partial charge in [0, 0.05) is 34.4 Å². The number of nitrogens with zero attached hydrogens (tertiary/aromatic N) is 1. The Kier molecular flexibility index (Phi) is 4.36. The van der Waals surface area contributed by atoms with Crippen molar-refractivity contribution >= 4 is 5.69 Å². The van der Waals surface area contributed by atoms with Crippen LogP contribution in [0, 0.1) is 10.1 Å². The average Bonchev–Trinajstić information content (AvgIpc) is 3.19. The molecular weight excluding hydrogens is 378 g/mol. The number of fused-ring (bicyclic) bond motifs is 3. The van der Waals surface area contributed by atoms with Crippen LogP contribution in [0.2, 0.25) is 0 Å². The van der Waals surface area contributed by atoms with Gasteiger partial charge in [-0.3, -0.25) is 10.1 Å². The van der Waals surface area contributed by atoms with E-state index in [4.69, 9.17) is 9.15 Å². The van der Waals surface area contributed by atoms with Gasteiger partial charge in [0.2, 0.25) is 0 Å². The van der Waals surface area contributed by atoms with Gasteiger partial charge < -0.3 is 9.15 Å². The molecule has 5 rings (SSSR count). The number of methoxy groups -OCH3 is 1. The van der Waals surface area contributed by atoms with Crippen LogP contribution in [0.25, 0.3) is 33.8 Å². The Hall–Kier alpha value is -3.86. The van der Waals surface area contributed by atoms with Crippen molar-refractivity contribution in [2.75, 3.05) is 7.11 Å². The van der Waals surface area contributed by atoms with Crippen molar-refractivity contribution in [2.24, 2.45) is 0 Å². The van der Waals surface area contributed by atoms with Crippen LogP contribution < -0.4 is 4.74 Å². The highest BCUT2D eigenvalue weighted by molar-refractivity contribution is 5.89. The van der Waals surface area contributed by atoms with Crippen molar-refractivity contribution in [3.05, 3.63) is 94.0 Å². The third-order valence-electron chi connectivity index (χ3n) is 5.63. The number of nitro benzene ring substituents is 1. The number of non-ortho nitro benzene ring substituents is 1. The van der Waals surface area contributed by atoms with E-state index in [2.05, 4.69) is 12.1 Å². The van der Waals surface area contributed by atoms with Crippen LogP contribution in [-0.2, 0) is 12.8 Å². The van der Waals surface area contributed by atoms with E-state index < -0.39 is 0 Å². The minimum atomic E-state index is -0.380. The average molecular weight is 397 g/mol. The lowest BCUT2D eigenvalue weighted by atomic mass is 9.86. The second kappa shape index (κ2) is 7.19. The second-order valence-corrected chi connectivity index (χ2v) is 7.30. The van der Waals surface area contributed by atoms with E-state index in [9.17, 15) is 10.1 Å². The van der Waals surface area contributed by atoms with Crippen molar-refractivity contribution < 1.29 is 14.1 Å². The number of rotatable bonds is 4. The SMILES string of the molecule is COc1ccc(-c2oc3c(c2-c2ccc([N+](=O)[O-])cc2)CCc2ccccc2-3)cc1. The van der Waals surface area contributed by atoms with Gasteiger partial charge in [0.05, 0.1) is 12.0 Å². The highest BCUT2D eigenvalue weighted by Crippen LogP contribution is 2.47. The molecule has 0 amide bonds. The van der Waals surface area contributed by atoms with E-state index in [0.29, 0.717) is 0 Å². The Labute approximate surface area is 173 Å². The molecule has 5 heteroatoms. The number of ether oxygens (including phenoxy) is 1. The smallest absolute Gasteiger partial charge is 0.269 e. The molecule has 5 nitrogen and oxygen atoms in total. The van der Waals surface area contributed by atoms with Crippen LogP contribution in [0.1, 0.15) is 11.1 Å². The minimum Gasteiger partial charge on any atom is -0.497 e. The molecule has 0 unspecified atom stereocenters. The summed E-state index contributed by atoms with van der Waals surface area (Å²) in [6.07, 6.45) is 1.79. The lowest BCUT2D eigenvalue weighted by Crippen LogP contribution is -2.02. The van der Waals surface area contributed by atoms with Crippen molar-refractivity contribution in [3.63, 3.8) is 0 Å². The van der Waals surface area contributed by atoms with Crippen LogP contribution in [0.4, 0.5) is 5.69 Å². The van der Waals surface area contributed by atoms with Gasteiger partial charge in [0.15, 0.2) is 0 Å². The first kappa shape index (κ1) is 18.2. The molecule has 0 fully saturated rings. The van der Waals surface area contributed by atoms with Gasteiger partial charge in [-0.1, -0.05) is 24.3 Å². The van der Waals surface area contributed by atoms with Gasteiger partial charge in [-0.25, -0.2) is 0 Å². The Morgan fingerprint density at radius 1 is 0.867 bits per heavy atom. The van der Waals surface area contributed by atoms with Crippen molar-refractivity contribution in [2.45, 2.75) is 12.8 Å². The van der Waals surface area contributed by atoms with Gasteiger partial charge in [0.1, 0.15) is 17.3 Å². The largest absolute Gasteiger partial charge is 0.497 e. The quantitative estimate of drug-likeness (QED) is 0.300. The molecule has 0 radical (unpaired) electrons. The number of benzene rings is 3. The van der Waals surface area contributed by atoms with Crippen molar-refractivity contribution in [3.8, 4) is 39.5 Å². The molecule has 1 aromatic heterocycles. The van der Waals surface area contributed by atoms with E-state index in [0.717, 1.165) is 57.9 Å². The fourth-order valence-electron chi connectivity index (χ4n) is 4.14. The molecule has 0 saturated carbocycles. The summed E-state index contributed by atoms with van der Waals surface area (Å²) in [5.74, 6) is 2.43. The zero-order chi connectivity index (χ0) is 20.7. The van der Waals surface area contributed by atoms with Crippen LogP contribution in [-0.4, -0.2) is 12.0 Å². The summed E-state index contributed by atoms with van der Waals surface area (Å²) in [4.78, 5) is 10.7. The standard InChI is InChI=1S/C25H19NO4/c1-29-20-13-8-18(9-14-20)24-23(17-6-11-19(12-7-17)26(27)28)22-15-10-16-4-2-3-5-21(16)25(22)30-24/h2-9,11-14H,10,15H2,1H3. The summed E-state index contributed by atoms with van der Waals surface area (Å²) in [7, 11) is 1.64. The third-order valence-corrected chi connectivity index (χ3v) is 5.63. The summed E-state index contributed by atoms with van der Waals surface area (Å²) >= 11 is 0. The Bertz CT molecular complexity index is 1240. The maximum absolute atomic E-state index is 11.1. The van der Waals surface area contributed by atoms with Crippen LogP contribution >= 0.6 is 0 Å². The third kappa shape index (κ3) is 2.95. The van der Waals surface area contributed by atoms with E-state index in [1.165, 1.54) is 5.56 Å². The number of nitro groups is 1. The zero-order valence-corrected chi connectivity index (χ0v) is 16.4. The fourth-order valence-corrected chi connectivity index (χ4v) is 4.14. The molecule has 0 aliphatic heterocycles. The maximum atomic E-state index is 11.1. The first-order valence-electron chi connectivity index (χ1n) is 9.79. The predicted octanol–water partition coefficient (Wildman–Crippen LogP) is 6.30. The van der Waals surface area contributed by atoms with Gasteiger partial charge in [-0.2, -0.15) is 0 Å². The Morgan fingerprint density at radius 3 is 2.27 bits per heavy atom. The molecule has 1 aliphatic rings. The Balaban J connectivity index is 1.73. The number of hydrogen-bond donors (Lipinski definition) is 0. The Morgan fingerprint density at radius 2 is 1.57 bits per heavy atom. The molecule has 0 saturated heterocycles. The zero-order valence-electron chi connectivity index (χ0n) is 16.4. The van der Waals surface area contributed by atoms with Crippen LogP contribution in [0.3, 0.4) is 0 Å². The molecule has 30 heavy (non-hydrogen) atoms. The molecule has 1 heterocycles. The molecule has 148 valence electrons. The first-order valence-corrected chi connectivity index (χ1v) is 9.79. The number of aryl methyl sites for hydroxylation is 1. The highest BCUT2D eigenvalue weighted by atomic mass is 16.6. The van der Waals surface area contributed by atoms with E-state index in [1.807, 2.05) is 36.4 Å². The predicted molar refractivity (Wildman–Crippen MR) is 116 cm³/mol. The minimum absolute atomic E-state index is 0.0763. The molecular formula is C25H19NO4. The van der Waals surface area contributed by atoms with Crippen LogP contribution in [0.5, 0.6) is 5.75 Å². The van der Waals surface area contributed by atoms with Crippen molar-refractivity contribution in [1.29, 1.82) is 0 Å². The number of furan rings is 1. The maximum Gasteiger partial charge on any atom is 0.269 e. The monoisotopic (exact) mass is 397 g/mol. The molecule has 0 atom stereocenters. The van der Waals surface area contributed by atoms with E-state index in [-0.39, 0.29) is 10.6 Å². The normalized spacial score (nSPS) is 12.2. The summed E-state index contributed by atoms with van der Waals surface area (Å²) in [6.45, 7) is 0. The highest BCUT2D eigenvalue weighted by Gasteiger charge is 2.28. The molecule has 1 aliphatic carbocycles. The second-order valence-electron chi connectivity index (χ2n) is 7.30. The van der Waals surface area contributed by atoms with Gasteiger partial charge in [-0.15, -0.1) is 0 Å². The van der Waals surface area contributed by atoms with Gasteiger partial charge in [-0.05, 0) is 60.4 Å². The summed E-state index contributed by atoms with van der Waals surface area (Å²) in [5, 5.41) is 11.1. The fraction of sp³-hybridized carbons (Fsp3) is 0.120. The molecule has 0 spiro atoms. The van der Waals surface area contributed by atoms with Crippen molar-refractivity contribution in [1.82, 2.24) is 0 Å². The molecule has 4 aromatic rings. The summed E-state index contributed by atoms with van der Waals surface area (Å²) < 4.78 is 11.8. The van der Waals surface area contributed by atoms with Crippen LogP contribution in [0.15, 0.2) is 77.2 Å². The summed E-state index contributed by atoms with van der Waals surface area (Å²) in [5.41, 5.74) is 6.46. The molecule has 0 N–H and O–H groups in total. The summed E-state index contributed by atoms with van der Waals surface area (Å²) in [6, 6.07) is 22.8. The molecule has 3 aromatic carbocycles. The lowest BCUT2D eigenvalue weighted by molar-refractivity contribution is -0.384. The van der Waals surface area contributed by atoms with E-state index in [1.54, 1.807) is 31.4 Å².